The molecule has 0 bridgehead atoms. The van der Waals surface area contributed by atoms with Crippen LogP contribution >= 0.6 is 0 Å². The summed E-state index contributed by atoms with van der Waals surface area (Å²) in [5.41, 5.74) is 1.68. The van der Waals surface area contributed by atoms with Crippen molar-refractivity contribution in [3.8, 4) is 0 Å². The third-order valence-electron chi connectivity index (χ3n) is 3.23. The number of rotatable bonds is 2. The molecule has 1 aromatic rings. The summed E-state index contributed by atoms with van der Waals surface area (Å²) < 4.78 is 18.9. The van der Waals surface area contributed by atoms with Gasteiger partial charge in [-0.3, -0.25) is 0 Å². The van der Waals surface area contributed by atoms with Crippen molar-refractivity contribution in [2.75, 3.05) is 5.32 Å². The summed E-state index contributed by atoms with van der Waals surface area (Å²) in [5.74, 6) is -0.149. The minimum Gasteiger partial charge on any atom is -0.382 e. The van der Waals surface area contributed by atoms with E-state index in [0.717, 1.165) is 18.5 Å². The Bertz CT molecular complexity index is 384. The molecule has 1 N–H and O–H groups in total. The molecule has 2 nitrogen and oxygen atoms in total. The number of benzene rings is 1. The Morgan fingerprint density at radius 3 is 2.47 bits per heavy atom. The van der Waals surface area contributed by atoms with Gasteiger partial charge in [-0.1, -0.05) is 0 Å². The van der Waals surface area contributed by atoms with E-state index < -0.39 is 0 Å². The lowest BCUT2D eigenvalue weighted by Crippen LogP contribution is -2.36. The lowest BCUT2D eigenvalue weighted by atomic mass is 9.99. The van der Waals surface area contributed by atoms with E-state index in [1.165, 1.54) is 6.07 Å². The molecule has 1 aliphatic rings. The number of hydrogen-bond acceptors (Lipinski definition) is 2. The van der Waals surface area contributed by atoms with E-state index in [1.807, 2.05) is 6.07 Å². The molecule has 17 heavy (non-hydrogen) atoms. The highest BCUT2D eigenvalue weighted by atomic mass is 19.1. The zero-order valence-corrected chi connectivity index (χ0v) is 10.7. The Labute approximate surface area is 102 Å². The van der Waals surface area contributed by atoms with E-state index in [9.17, 15) is 4.39 Å². The van der Waals surface area contributed by atoms with Crippen molar-refractivity contribution in [1.82, 2.24) is 0 Å². The van der Waals surface area contributed by atoms with Gasteiger partial charge in [-0.2, -0.15) is 0 Å². The van der Waals surface area contributed by atoms with Crippen molar-refractivity contribution in [1.29, 1.82) is 0 Å². The molecule has 3 heteroatoms. The van der Waals surface area contributed by atoms with Gasteiger partial charge in [0.05, 0.1) is 12.2 Å². The second-order valence-corrected chi connectivity index (χ2v) is 5.03. The monoisotopic (exact) mass is 237 g/mol. The van der Waals surface area contributed by atoms with Crippen LogP contribution in [0.1, 0.15) is 32.3 Å². The molecule has 94 valence electrons. The van der Waals surface area contributed by atoms with E-state index in [-0.39, 0.29) is 18.0 Å². The highest BCUT2D eigenvalue weighted by Gasteiger charge is 2.24. The van der Waals surface area contributed by atoms with Crippen LogP contribution in [0.3, 0.4) is 0 Å². The molecule has 0 saturated carbocycles. The summed E-state index contributed by atoms with van der Waals surface area (Å²) in [6, 6.07) is 5.59. The first-order valence-electron chi connectivity index (χ1n) is 6.22. The topological polar surface area (TPSA) is 21.3 Å². The van der Waals surface area contributed by atoms with E-state index in [2.05, 4.69) is 19.2 Å². The maximum absolute atomic E-state index is 13.2. The molecule has 0 aliphatic carbocycles. The average Bonchev–Trinajstić information content (AvgIpc) is 2.22. The Hall–Kier alpha value is -1.09. The molecule has 0 amide bonds. The largest absolute Gasteiger partial charge is 0.382 e. The zero-order valence-electron chi connectivity index (χ0n) is 10.7. The van der Waals surface area contributed by atoms with E-state index in [4.69, 9.17) is 4.74 Å². The number of halogens is 1. The smallest absolute Gasteiger partial charge is 0.126 e. The normalized spacial score (nSPS) is 29.1. The minimum absolute atomic E-state index is 0.149. The molecule has 2 atom stereocenters. The first-order chi connectivity index (χ1) is 8.04. The minimum atomic E-state index is -0.149. The molecule has 1 saturated heterocycles. The number of anilines is 1. The highest BCUT2D eigenvalue weighted by Crippen LogP contribution is 2.23. The average molecular weight is 237 g/mol. The third-order valence-corrected chi connectivity index (χ3v) is 3.23. The maximum Gasteiger partial charge on any atom is 0.126 e. The summed E-state index contributed by atoms with van der Waals surface area (Å²) in [7, 11) is 0. The van der Waals surface area contributed by atoms with Crippen molar-refractivity contribution in [2.45, 2.75) is 51.9 Å². The van der Waals surface area contributed by atoms with Gasteiger partial charge < -0.3 is 10.1 Å². The molecule has 0 aromatic heterocycles. The lowest BCUT2D eigenvalue weighted by molar-refractivity contribution is -0.0337. The van der Waals surface area contributed by atoms with Gasteiger partial charge in [-0.15, -0.1) is 0 Å². The summed E-state index contributed by atoms with van der Waals surface area (Å²) in [6.45, 7) is 5.98. The van der Waals surface area contributed by atoms with Crippen LogP contribution in [0.4, 0.5) is 10.1 Å². The van der Waals surface area contributed by atoms with Crippen molar-refractivity contribution < 1.29 is 9.13 Å². The van der Waals surface area contributed by atoms with Crippen molar-refractivity contribution in [2.24, 2.45) is 0 Å². The molecule has 1 heterocycles. The van der Waals surface area contributed by atoms with Crippen LogP contribution in [0, 0.1) is 12.7 Å². The quantitative estimate of drug-likeness (QED) is 0.850. The molecular formula is C14H20FNO. The zero-order chi connectivity index (χ0) is 12.4. The van der Waals surface area contributed by atoms with Gasteiger partial charge in [-0.25, -0.2) is 4.39 Å². The van der Waals surface area contributed by atoms with E-state index in [0.29, 0.717) is 11.6 Å². The SMILES string of the molecule is Cc1cc(NC2CC(C)OC(C)C2)ccc1F. The van der Waals surface area contributed by atoms with Crippen LogP contribution in [-0.4, -0.2) is 18.2 Å². The number of aryl methyl sites for hydroxylation is 1. The second-order valence-electron chi connectivity index (χ2n) is 5.03. The van der Waals surface area contributed by atoms with Crippen LogP contribution in [0.15, 0.2) is 18.2 Å². The van der Waals surface area contributed by atoms with Crippen LogP contribution in [0.2, 0.25) is 0 Å². The fourth-order valence-corrected chi connectivity index (χ4v) is 2.49. The second kappa shape index (κ2) is 5.05. The van der Waals surface area contributed by atoms with Gasteiger partial charge in [0.1, 0.15) is 5.82 Å². The molecule has 1 aliphatic heterocycles. The first kappa shape index (κ1) is 12.4. The molecule has 0 spiro atoms. The third kappa shape index (κ3) is 3.19. The van der Waals surface area contributed by atoms with Crippen LogP contribution < -0.4 is 5.32 Å². The maximum atomic E-state index is 13.2. The summed E-state index contributed by atoms with van der Waals surface area (Å²) in [4.78, 5) is 0. The van der Waals surface area contributed by atoms with Crippen molar-refractivity contribution in [3.63, 3.8) is 0 Å². The predicted octanol–water partition coefficient (Wildman–Crippen LogP) is 3.50. The summed E-state index contributed by atoms with van der Waals surface area (Å²) >= 11 is 0. The van der Waals surface area contributed by atoms with E-state index >= 15 is 0 Å². The number of hydrogen-bond donors (Lipinski definition) is 1. The predicted molar refractivity (Wildman–Crippen MR) is 67.8 cm³/mol. The molecule has 1 aromatic carbocycles. The molecule has 2 unspecified atom stereocenters. The Morgan fingerprint density at radius 2 is 1.88 bits per heavy atom. The summed E-state index contributed by atoms with van der Waals surface area (Å²) in [6.07, 6.45) is 2.58. The van der Waals surface area contributed by atoms with Crippen molar-refractivity contribution in [3.05, 3.63) is 29.6 Å². The first-order valence-corrected chi connectivity index (χ1v) is 6.22. The fraction of sp³-hybridized carbons (Fsp3) is 0.571. The van der Waals surface area contributed by atoms with Gasteiger partial charge in [0, 0.05) is 11.7 Å². The van der Waals surface area contributed by atoms with Crippen LogP contribution in [-0.2, 0) is 4.74 Å². The van der Waals surface area contributed by atoms with Crippen LogP contribution in [0.5, 0.6) is 0 Å². The van der Waals surface area contributed by atoms with E-state index in [1.54, 1.807) is 13.0 Å². The highest BCUT2D eigenvalue weighted by molar-refractivity contribution is 5.46. The van der Waals surface area contributed by atoms with Gasteiger partial charge in [-0.05, 0) is 57.4 Å². The lowest BCUT2D eigenvalue weighted by Gasteiger charge is -2.33. The Balaban J connectivity index is 2.02. The Kier molecular flexibility index (Phi) is 3.67. The van der Waals surface area contributed by atoms with Gasteiger partial charge in [0.15, 0.2) is 0 Å². The molecule has 0 radical (unpaired) electrons. The van der Waals surface area contributed by atoms with Gasteiger partial charge in [0.25, 0.3) is 0 Å². The summed E-state index contributed by atoms with van der Waals surface area (Å²) in [5, 5.41) is 3.46. The van der Waals surface area contributed by atoms with Gasteiger partial charge >= 0.3 is 0 Å². The molecule has 1 fully saturated rings. The van der Waals surface area contributed by atoms with Crippen molar-refractivity contribution >= 4 is 5.69 Å². The standard InChI is InChI=1S/C14H20FNO/c1-9-6-12(4-5-14(9)15)16-13-7-10(2)17-11(3)8-13/h4-6,10-11,13,16H,7-8H2,1-3H3. The molecular weight excluding hydrogens is 217 g/mol. The van der Waals surface area contributed by atoms with Gasteiger partial charge in [0.2, 0.25) is 0 Å². The number of ether oxygens (including phenoxy) is 1. The molecule has 2 rings (SSSR count). The van der Waals surface area contributed by atoms with Crippen LogP contribution in [0.25, 0.3) is 0 Å². The fourth-order valence-electron chi connectivity index (χ4n) is 2.49. The Morgan fingerprint density at radius 1 is 1.24 bits per heavy atom. The number of nitrogens with one attached hydrogen (secondary N) is 1.